The molecule has 0 aliphatic carbocycles. The Bertz CT molecular complexity index is 1380. The number of rotatable bonds is 11. The van der Waals surface area contributed by atoms with Crippen LogP contribution in [-0.4, -0.2) is 40.8 Å². The minimum absolute atomic E-state index is 0.00870. The second-order valence-electron chi connectivity index (χ2n) is 10.3. The van der Waals surface area contributed by atoms with E-state index in [1.54, 1.807) is 13.8 Å². The predicted octanol–water partition coefficient (Wildman–Crippen LogP) is 7.70. The quantitative estimate of drug-likeness (QED) is 0.122. The molecule has 1 aliphatic heterocycles. The van der Waals surface area contributed by atoms with E-state index in [1.165, 1.54) is 29.2 Å². The molecule has 1 amide bonds. The molecular formula is C29H30F6N4O2S. The maximum atomic E-state index is 13.9. The summed E-state index contributed by atoms with van der Waals surface area (Å²) in [5.74, 6) is -1.00. The van der Waals surface area contributed by atoms with Gasteiger partial charge in [-0.05, 0) is 93.4 Å². The molecule has 0 radical (unpaired) electrons. The molecule has 6 nitrogen and oxygen atoms in total. The zero-order valence-electron chi connectivity index (χ0n) is 23.2. The Morgan fingerprint density at radius 3 is 2.33 bits per heavy atom. The van der Waals surface area contributed by atoms with E-state index in [0.717, 1.165) is 23.2 Å². The van der Waals surface area contributed by atoms with Gasteiger partial charge >= 0.3 is 12.4 Å². The number of hydrogen-bond donors (Lipinski definition) is 1. The average Bonchev–Trinajstić information content (AvgIpc) is 3.08. The lowest BCUT2D eigenvalue weighted by Crippen LogP contribution is -2.44. The first kappa shape index (κ1) is 32.8. The first-order chi connectivity index (χ1) is 19.6. The number of benzene rings is 2. The van der Waals surface area contributed by atoms with Crippen LogP contribution in [0, 0.1) is 16.7 Å². The number of nitrogens with zero attached hydrogens (tertiary/aromatic N) is 3. The van der Waals surface area contributed by atoms with Crippen LogP contribution < -0.4 is 9.64 Å². The number of ether oxygens (including phenoxy) is 1. The SMILES string of the molecule is CCCC(CC=N)c1ccc(OCCCN2C(=S)N(c3ccc(C#N)c(C(F)(F)F)c3)C(=O)C2(C)C)cc1C(F)(F)F. The summed E-state index contributed by atoms with van der Waals surface area (Å²) < 4.78 is 87.8. The summed E-state index contributed by atoms with van der Waals surface area (Å²) in [6, 6.07) is 8.18. The molecule has 0 aromatic heterocycles. The highest BCUT2D eigenvalue weighted by molar-refractivity contribution is 7.80. The highest BCUT2D eigenvalue weighted by atomic mass is 32.1. The molecule has 13 heteroatoms. The van der Waals surface area contributed by atoms with Crippen molar-refractivity contribution in [3.8, 4) is 11.8 Å². The average molecular weight is 613 g/mol. The van der Waals surface area contributed by atoms with Crippen LogP contribution in [0.5, 0.6) is 5.75 Å². The fourth-order valence-electron chi connectivity index (χ4n) is 4.97. The standard InChI is InChI=1S/C29H30F6N4O2S/c1-4-6-18(11-12-36)22-10-9-21(16-24(22)29(33,34)35)41-14-5-13-38-26(42)39(25(40)27(38,2)3)20-8-7-19(17-37)23(15-20)28(30,31)32/h7-10,12,15-16,18,36H,4-6,11,13-14H2,1-3H3. The van der Waals surface area contributed by atoms with Crippen molar-refractivity contribution in [2.24, 2.45) is 0 Å². The van der Waals surface area contributed by atoms with Gasteiger partial charge in [-0.1, -0.05) is 19.4 Å². The normalized spacial score (nSPS) is 16.0. The van der Waals surface area contributed by atoms with Gasteiger partial charge in [-0.25, -0.2) is 0 Å². The van der Waals surface area contributed by atoms with Crippen LogP contribution in [0.2, 0.25) is 0 Å². The van der Waals surface area contributed by atoms with Crippen molar-refractivity contribution in [1.29, 1.82) is 10.7 Å². The first-order valence-corrected chi connectivity index (χ1v) is 13.6. The molecule has 2 aromatic rings. The van der Waals surface area contributed by atoms with Crippen LogP contribution in [0.3, 0.4) is 0 Å². The lowest BCUT2D eigenvalue weighted by molar-refractivity contribution is -0.139. The monoisotopic (exact) mass is 612 g/mol. The van der Waals surface area contributed by atoms with Crippen LogP contribution in [0.4, 0.5) is 32.0 Å². The van der Waals surface area contributed by atoms with E-state index in [9.17, 15) is 31.1 Å². The van der Waals surface area contributed by atoms with Crippen LogP contribution in [0.25, 0.3) is 0 Å². The third-order valence-electron chi connectivity index (χ3n) is 7.11. The summed E-state index contributed by atoms with van der Waals surface area (Å²) in [6.45, 7) is 5.11. The summed E-state index contributed by atoms with van der Waals surface area (Å²) in [5.41, 5.74) is -3.84. The molecule has 1 N–H and O–H groups in total. The summed E-state index contributed by atoms with van der Waals surface area (Å²) >= 11 is 5.45. The van der Waals surface area contributed by atoms with Gasteiger partial charge in [0.1, 0.15) is 11.3 Å². The fourth-order valence-corrected chi connectivity index (χ4v) is 5.48. The minimum Gasteiger partial charge on any atom is -0.494 e. The second kappa shape index (κ2) is 12.7. The Hall–Kier alpha value is -3.66. The Labute approximate surface area is 245 Å². The van der Waals surface area contributed by atoms with E-state index >= 15 is 0 Å². The van der Waals surface area contributed by atoms with E-state index in [0.29, 0.717) is 18.9 Å². The number of hydrogen-bond acceptors (Lipinski definition) is 5. The highest BCUT2D eigenvalue weighted by Gasteiger charge is 2.49. The topological polar surface area (TPSA) is 80.4 Å². The highest BCUT2D eigenvalue weighted by Crippen LogP contribution is 2.40. The van der Waals surface area contributed by atoms with E-state index in [2.05, 4.69) is 0 Å². The van der Waals surface area contributed by atoms with E-state index in [1.807, 2.05) is 6.92 Å². The minimum atomic E-state index is -4.82. The molecule has 1 fully saturated rings. The van der Waals surface area contributed by atoms with Gasteiger partial charge in [0.2, 0.25) is 0 Å². The van der Waals surface area contributed by atoms with Crippen LogP contribution >= 0.6 is 12.2 Å². The molecule has 1 heterocycles. The Morgan fingerprint density at radius 1 is 1.10 bits per heavy atom. The van der Waals surface area contributed by atoms with Gasteiger partial charge in [0, 0.05) is 6.54 Å². The molecule has 1 aliphatic rings. The van der Waals surface area contributed by atoms with Crippen molar-refractivity contribution in [1.82, 2.24) is 4.90 Å². The number of nitrogens with one attached hydrogen (secondary N) is 1. The van der Waals surface area contributed by atoms with E-state index in [4.69, 9.17) is 27.6 Å². The summed E-state index contributed by atoms with van der Waals surface area (Å²) in [7, 11) is 0. The molecule has 3 rings (SSSR count). The molecule has 226 valence electrons. The predicted molar refractivity (Wildman–Crippen MR) is 150 cm³/mol. The molecule has 1 saturated heterocycles. The summed E-state index contributed by atoms with van der Waals surface area (Å²) in [5, 5.41) is 16.4. The zero-order valence-corrected chi connectivity index (χ0v) is 24.0. The van der Waals surface area contributed by atoms with Crippen molar-refractivity contribution >= 4 is 35.1 Å². The number of carbonyl (C=O) groups excluding carboxylic acids is 1. The van der Waals surface area contributed by atoms with Crippen molar-refractivity contribution in [3.05, 3.63) is 58.7 Å². The lowest BCUT2D eigenvalue weighted by atomic mass is 9.88. The molecule has 0 spiro atoms. The Morgan fingerprint density at radius 2 is 1.76 bits per heavy atom. The van der Waals surface area contributed by atoms with Gasteiger partial charge in [0.25, 0.3) is 5.91 Å². The van der Waals surface area contributed by atoms with Crippen molar-refractivity contribution in [2.45, 2.75) is 70.3 Å². The molecule has 2 aromatic carbocycles. The van der Waals surface area contributed by atoms with E-state index in [-0.39, 0.29) is 48.1 Å². The van der Waals surface area contributed by atoms with Crippen molar-refractivity contribution in [3.63, 3.8) is 0 Å². The maximum absolute atomic E-state index is 13.9. The summed E-state index contributed by atoms with van der Waals surface area (Å²) in [4.78, 5) is 15.7. The number of nitriles is 1. The van der Waals surface area contributed by atoms with Gasteiger partial charge in [-0.3, -0.25) is 9.69 Å². The number of anilines is 1. The molecule has 1 atom stereocenters. The third-order valence-corrected chi connectivity index (χ3v) is 7.52. The lowest BCUT2D eigenvalue weighted by Gasteiger charge is -2.29. The Kier molecular flexibility index (Phi) is 9.92. The number of thiocarbonyl (C=S) groups is 1. The maximum Gasteiger partial charge on any atom is 0.417 e. The molecular weight excluding hydrogens is 582 g/mol. The van der Waals surface area contributed by atoms with Gasteiger partial charge in [0.15, 0.2) is 5.11 Å². The number of carbonyl (C=O) groups is 1. The molecule has 0 bridgehead atoms. The van der Waals surface area contributed by atoms with Gasteiger partial charge in [-0.15, -0.1) is 0 Å². The smallest absolute Gasteiger partial charge is 0.417 e. The summed E-state index contributed by atoms with van der Waals surface area (Å²) in [6.07, 6.45) is -6.73. The van der Waals surface area contributed by atoms with Crippen molar-refractivity contribution < 1.29 is 35.9 Å². The number of halogens is 6. The zero-order chi connectivity index (χ0) is 31.5. The Balaban J connectivity index is 1.75. The molecule has 0 saturated carbocycles. The van der Waals surface area contributed by atoms with Gasteiger partial charge < -0.3 is 15.0 Å². The van der Waals surface area contributed by atoms with E-state index < -0.39 is 46.4 Å². The number of alkyl halides is 6. The van der Waals surface area contributed by atoms with Crippen LogP contribution in [0.1, 0.15) is 74.6 Å². The molecule has 42 heavy (non-hydrogen) atoms. The van der Waals surface area contributed by atoms with Crippen LogP contribution in [-0.2, 0) is 17.1 Å². The van der Waals surface area contributed by atoms with Gasteiger partial charge in [0.05, 0.1) is 35.1 Å². The molecule has 1 unspecified atom stereocenters. The van der Waals surface area contributed by atoms with Gasteiger partial charge in [-0.2, -0.15) is 31.6 Å². The number of amides is 1. The third kappa shape index (κ3) is 6.86. The second-order valence-corrected chi connectivity index (χ2v) is 10.7. The largest absolute Gasteiger partial charge is 0.494 e. The van der Waals surface area contributed by atoms with Crippen LogP contribution in [0.15, 0.2) is 36.4 Å². The first-order valence-electron chi connectivity index (χ1n) is 13.2. The fraction of sp³-hybridized carbons (Fsp3) is 0.448. The van der Waals surface area contributed by atoms with Crippen molar-refractivity contribution in [2.75, 3.05) is 18.1 Å².